The van der Waals surface area contributed by atoms with Crippen molar-refractivity contribution in [3.63, 3.8) is 0 Å². The molecule has 3 atom stereocenters. The van der Waals surface area contributed by atoms with Crippen LogP contribution < -0.4 is 21.3 Å². The van der Waals surface area contributed by atoms with Gasteiger partial charge < -0.3 is 26.2 Å². The van der Waals surface area contributed by atoms with Gasteiger partial charge in [0.05, 0.1) is 52.1 Å². The summed E-state index contributed by atoms with van der Waals surface area (Å²) in [6.07, 6.45) is 4.91. The SMILES string of the molecule is CC(=O)N(C)C1C(C)CN(c2ccncc2Nc2ncc3ccc(-c4c(F)ccc(C(=O)NC(C)C)c4F)nn23)CC1N. The first-order valence-electron chi connectivity index (χ1n) is 14.0. The number of hydrogen-bond donors (Lipinski definition) is 3. The summed E-state index contributed by atoms with van der Waals surface area (Å²) in [6.45, 7) is 8.27. The Morgan fingerprint density at radius 3 is 2.58 bits per heavy atom. The van der Waals surface area contributed by atoms with Gasteiger partial charge in [-0.05, 0) is 50.1 Å². The molecule has 43 heavy (non-hydrogen) atoms. The summed E-state index contributed by atoms with van der Waals surface area (Å²) >= 11 is 0. The number of pyridine rings is 1. The number of nitrogens with one attached hydrogen (secondary N) is 2. The number of halogens is 2. The second kappa shape index (κ2) is 11.9. The van der Waals surface area contributed by atoms with E-state index in [0.717, 1.165) is 17.8 Å². The number of carbonyl (C=O) groups excluding carboxylic acids is 2. The lowest BCUT2D eigenvalue weighted by atomic mass is 9.88. The Balaban J connectivity index is 1.47. The van der Waals surface area contributed by atoms with E-state index in [1.807, 2.05) is 6.07 Å². The Bertz CT molecular complexity index is 1660. The average molecular weight is 592 g/mol. The minimum Gasteiger partial charge on any atom is -0.368 e. The van der Waals surface area contributed by atoms with Crippen LogP contribution in [0.3, 0.4) is 0 Å². The highest BCUT2D eigenvalue weighted by Crippen LogP contribution is 2.33. The smallest absolute Gasteiger partial charge is 0.254 e. The van der Waals surface area contributed by atoms with Crippen molar-refractivity contribution in [3.05, 3.63) is 66.1 Å². The topological polar surface area (TPSA) is 134 Å². The predicted octanol–water partition coefficient (Wildman–Crippen LogP) is 3.58. The summed E-state index contributed by atoms with van der Waals surface area (Å²) in [5.41, 5.74) is 7.90. The molecule has 0 radical (unpaired) electrons. The van der Waals surface area contributed by atoms with Crippen molar-refractivity contribution in [3.8, 4) is 11.3 Å². The lowest BCUT2D eigenvalue weighted by molar-refractivity contribution is -0.131. The normalized spacial score (nSPS) is 18.6. The van der Waals surface area contributed by atoms with E-state index in [-0.39, 0.29) is 41.2 Å². The maximum atomic E-state index is 15.5. The van der Waals surface area contributed by atoms with E-state index in [9.17, 15) is 14.0 Å². The largest absolute Gasteiger partial charge is 0.368 e. The van der Waals surface area contributed by atoms with E-state index in [1.54, 1.807) is 50.5 Å². The zero-order chi connectivity index (χ0) is 31.0. The molecule has 11 nitrogen and oxygen atoms in total. The number of nitrogens with zero attached hydrogens (tertiary/aromatic N) is 6. The predicted molar refractivity (Wildman–Crippen MR) is 160 cm³/mol. The highest BCUT2D eigenvalue weighted by atomic mass is 19.1. The Hall–Kier alpha value is -4.65. The van der Waals surface area contributed by atoms with Crippen LogP contribution in [0.5, 0.6) is 0 Å². The van der Waals surface area contributed by atoms with Gasteiger partial charge in [0, 0.05) is 45.3 Å². The second-order valence-corrected chi connectivity index (χ2v) is 11.2. The molecule has 226 valence electrons. The van der Waals surface area contributed by atoms with E-state index in [1.165, 1.54) is 17.5 Å². The van der Waals surface area contributed by atoms with Gasteiger partial charge in [0.2, 0.25) is 11.9 Å². The minimum absolute atomic E-state index is 0.00869. The van der Waals surface area contributed by atoms with Crippen LogP contribution in [0.25, 0.3) is 16.8 Å². The molecule has 3 unspecified atom stereocenters. The van der Waals surface area contributed by atoms with Crippen molar-refractivity contribution < 1.29 is 18.4 Å². The molecule has 1 fully saturated rings. The van der Waals surface area contributed by atoms with E-state index < -0.39 is 23.1 Å². The van der Waals surface area contributed by atoms with Crippen molar-refractivity contribution in [1.82, 2.24) is 29.8 Å². The van der Waals surface area contributed by atoms with Crippen molar-refractivity contribution in [2.45, 2.75) is 45.8 Å². The van der Waals surface area contributed by atoms with Gasteiger partial charge in [0.25, 0.3) is 5.91 Å². The Kier molecular flexibility index (Phi) is 8.27. The summed E-state index contributed by atoms with van der Waals surface area (Å²) in [6, 6.07) is 6.56. The Morgan fingerprint density at radius 2 is 1.88 bits per heavy atom. The molecule has 3 aromatic heterocycles. The van der Waals surface area contributed by atoms with Crippen LogP contribution in [0.15, 0.2) is 48.9 Å². The number of rotatable bonds is 7. The molecule has 4 aromatic rings. The molecule has 1 aliphatic heterocycles. The van der Waals surface area contributed by atoms with Gasteiger partial charge in [-0.25, -0.2) is 13.8 Å². The number of amides is 2. The van der Waals surface area contributed by atoms with Crippen LogP contribution in [0, 0.1) is 17.6 Å². The van der Waals surface area contributed by atoms with Gasteiger partial charge in [0.1, 0.15) is 11.6 Å². The molecule has 13 heteroatoms. The van der Waals surface area contributed by atoms with E-state index in [0.29, 0.717) is 30.2 Å². The lowest BCUT2D eigenvalue weighted by Gasteiger charge is -2.46. The molecule has 0 spiro atoms. The second-order valence-electron chi connectivity index (χ2n) is 11.2. The summed E-state index contributed by atoms with van der Waals surface area (Å²) in [5.74, 6) is -2.13. The number of nitrogens with two attached hydrogens (primary N) is 1. The summed E-state index contributed by atoms with van der Waals surface area (Å²) in [4.78, 5) is 37.1. The summed E-state index contributed by atoms with van der Waals surface area (Å²) in [7, 11) is 1.78. The number of benzene rings is 1. The number of fused-ring (bicyclic) bond motifs is 1. The number of hydrogen-bond acceptors (Lipinski definition) is 8. The molecule has 1 saturated heterocycles. The van der Waals surface area contributed by atoms with Crippen LogP contribution in [-0.4, -0.2) is 74.6 Å². The molecule has 2 amide bonds. The molecule has 1 aliphatic rings. The first-order valence-corrected chi connectivity index (χ1v) is 14.0. The average Bonchev–Trinajstić information content (AvgIpc) is 3.34. The molecule has 0 aliphatic carbocycles. The van der Waals surface area contributed by atoms with E-state index in [2.05, 4.69) is 37.5 Å². The fourth-order valence-corrected chi connectivity index (χ4v) is 5.67. The molecule has 0 saturated carbocycles. The van der Waals surface area contributed by atoms with Crippen molar-refractivity contribution in [2.75, 3.05) is 30.4 Å². The van der Waals surface area contributed by atoms with Gasteiger partial charge in [-0.15, -0.1) is 0 Å². The van der Waals surface area contributed by atoms with Crippen LogP contribution in [0.4, 0.5) is 26.1 Å². The number of imidazole rings is 1. The fraction of sp³-hybridized carbons (Fsp3) is 0.367. The zero-order valence-corrected chi connectivity index (χ0v) is 24.7. The number of likely N-dealkylation sites (N-methyl/N-ethyl adjacent to an activating group) is 1. The molecular formula is C30H35F2N9O2. The van der Waals surface area contributed by atoms with Gasteiger partial charge in [-0.1, -0.05) is 6.92 Å². The Labute approximate surface area is 248 Å². The van der Waals surface area contributed by atoms with Crippen molar-refractivity contribution in [2.24, 2.45) is 11.7 Å². The fourth-order valence-electron chi connectivity index (χ4n) is 5.67. The third-order valence-electron chi connectivity index (χ3n) is 7.69. The lowest BCUT2D eigenvalue weighted by Crippen LogP contribution is -2.62. The Morgan fingerprint density at radius 1 is 1.12 bits per heavy atom. The van der Waals surface area contributed by atoms with Crippen LogP contribution in [0.2, 0.25) is 0 Å². The molecule has 0 bridgehead atoms. The van der Waals surface area contributed by atoms with Gasteiger partial charge in [0.15, 0.2) is 0 Å². The maximum absolute atomic E-state index is 15.5. The van der Waals surface area contributed by atoms with Crippen molar-refractivity contribution >= 4 is 34.7 Å². The number of anilines is 3. The molecule has 4 heterocycles. The standard InChI is InChI=1S/C30H35F2N9O2/c1-16(2)36-29(43)20-7-8-21(31)26(27(20)32)23-9-6-19-12-35-30(41(19)38-23)37-24-13-34-11-10-25(24)40-14-17(3)28(22(33)15-40)39(5)18(4)42/h6-13,16-17,22,28H,14-15,33H2,1-5H3,(H,35,37)(H,36,43). The molecular weight excluding hydrogens is 556 g/mol. The zero-order valence-electron chi connectivity index (χ0n) is 24.7. The monoisotopic (exact) mass is 591 g/mol. The maximum Gasteiger partial charge on any atom is 0.254 e. The van der Waals surface area contributed by atoms with E-state index >= 15 is 4.39 Å². The first-order chi connectivity index (χ1) is 20.5. The number of carbonyl (C=O) groups is 2. The van der Waals surface area contributed by atoms with Crippen LogP contribution in [0.1, 0.15) is 38.1 Å². The first kappa shape index (κ1) is 29.8. The number of piperidine rings is 1. The molecule has 5 rings (SSSR count). The summed E-state index contributed by atoms with van der Waals surface area (Å²) < 4.78 is 31.9. The van der Waals surface area contributed by atoms with E-state index in [4.69, 9.17) is 5.73 Å². The van der Waals surface area contributed by atoms with Crippen molar-refractivity contribution in [1.29, 1.82) is 0 Å². The third-order valence-corrected chi connectivity index (χ3v) is 7.69. The minimum atomic E-state index is -1.00. The van der Waals surface area contributed by atoms with Gasteiger partial charge >= 0.3 is 0 Å². The summed E-state index contributed by atoms with van der Waals surface area (Å²) in [5, 5.41) is 10.4. The molecule has 1 aromatic carbocycles. The van der Waals surface area contributed by atoms with Crippen LogP contribution >= 0.6 is 0 Å². The number of aromatic nitrogens is 4. The quantitative estimate of drug-likeness (QED) is 0.297. The van der Waals surface area contributed by atoms with Crippen LogP contribution in [-0.2, 0) is 4.79 Å². The highest BCUT2D eigenvalue weighted by molar-refractivity contribution is 5.96. The van der Waals surface area contributed by atoms with Gasteiger partial charge in [-0.2, -0.15) is 9.61 Å². The van der Waals surface area contributed by atoms with Gasteiger partial charge in [-0.3, -0.25) is 14.6 Å². The molecule has 4 N–H and O–H groups in total. The highest BCUT2D eigenvalue weighted by Gasteiger charge is 2.36. The third kappa shape index (κ3) is 5.85.